The van der Waals surface area contributed by atoms with Crippen LogP contribution >= 0.6 is 11.6 Å². The maximum absolute atomic E-state index is 10.1. The van der Waals surface area contributed by atoms with Crippen molar-refractivity contribution in [3.05, 3.63) is 46.7 Å². The number of nitrogens with zero attached hydrogens (tertiary/aromatic N) is 2. The Hall–Kier alpha value is -1.52. The summed E-state index contributed by atoms with van der Waals surface area (Å²) in [6.45, 7) is 2.50. The Balaban J connectivity index is 1.99. The van der Waals surface area contributed by atoms with Crippen LogP contribution in [0.25, 0.3) is 0 Å². The van der Waals surface area contributed by atoms with Crippen molar-refractivity contribution in [2.24, 2.45) is 7.05 Å². The summed E-state index contributed by atoms with van der Waals surface area (Å²) in [6.07, 6.45) is 2.22. The summed E-state index contributed by atoms with van der Waals surface area (Å²) in [5.41, 5.74) is 2.82. The molecule has 0 amide bonds. The average molecular weight is 280 g/mol. The molecule has 4 nitrogen and oxygen atoms in total. The molecule has 102 valence electrons. The third kappa shape index (κ3) is 3.49. The van der Waals surface area contributed by atoms with Gasteiger partial charge in [0.25, 0.3) is 0 Å². The normalized spacial score (nSPS) is 12.4. The summed E-state index contributed by atoms with van der Waals surface area (Å²) in [6, 6.07) is 7.22. The first-order valence-electron chi connectivity index (χ1n) is 6.30. The van der Waals surface area contributed by atoms with Crippen molar-refractivity contribution in [2.45, 2.75) is 19.4 Å². The summed E-state index contributed by atoms with van der Waals surface area (Å²) in [7, 11) is 1.89. The van der Waals surface area contributed by atoms with Crippen LogP contribution in [0.15, 0.2) is 30.5 Å². The number of aliphatic hydroxyl groups is 1. The van der Waals surface area contributed by atoms with Crippen molar-refractivity contribution in [1.29, 1.82) is 0 Å². The van der Waals surface area contributed by atoms with E-state index in [1.807, 2.05) is 25.4 Å². The molecule has 0 spiro atoms. The molecule has 0 bridgehead atoms. The van der Waals surface area contributed by atoms with Crippen LogP contribution in [0, 0.1) is 0 Å². The highest BCUT2D eigenvalue weighted by atomic mass is 35.5. The lowest BCUT2D eigenvalue weighted by Gasteiger charge is -2.12. The number of benzene rings is 1. The van der Waals surface area contributed by atoms with Crippen molar-refractivity contribution < 1.29 is 5.11 Å². The van der Waals surface area contributed by atoms with Crippen LogP contribution in [0.1, 0.15) is 24.3 Å². The molecule has 5 heteroatoms. The van der Waals surface area contributed by atoms with Gasteiger partial charge in [-0.3, -0.25) is 4.68 Å². The lowest BCUT2D eigenvalue weighted by atomic mass is 10.1. The van der Waals surface area contributed by atoms with E-state index in [0.717, 1.165) is 23.4 Å². The van der Waals surface area contributed by atoms with Gasteiger partial charge in [-0.05, 0) is 24.1 Å². The highest BCUT2D eigenvalue weighted by Gasteiger charge is 2.10. The summed E-state index contributed by atoms with van der Waals surface area (Å²) >= 11 is 5.82. The first kappa shape index (κ1) is 13.9. The Bertz CT molecular complexity index is 536. The van der Waals surface area contributed by atoms with Gasteiger partial charge in [-0.15, -0.1) is 0 Å². The summed E-state index contributed by atoms with van der Waals surface area (Å²) in [4.78, 5) is 0. The van der Waals surface area contributed by atoms with E-state index in [1.165, 1.54) is 0 Å². The van der Waals surface area contributed by atoms with Gasteiger partial charge in [0.15, 0.2) is 0 Å². The van der Waals surface area contributed by atoms with Crippen molar-refractivity contribution in [1.82, 2.24) is 9.78 Å². The van der Waals surface area contributed by atoms with Crippen LogP contribution in [0.4, 0.5) is 5.69 Å². The number of hydrogen-bond acceptors (Lipinski definition) is 3. The van der Waals surface area contributed by atoms with E-state index in [-0.39, 0.29) is 0 Å². The molecule has 0 saturated heterocycles. The SMILES string of the molecule is CCc1nn(C)cc1NCC(O)c1ccc(Cl)cc1. The van der Waals surface area contributed by atoms with E-state index in [1.54, 1.807) is 16.8 Å². The smallest absolute Gasteiger partial charge is 0.0962 e. The number of aryl methyl sites for hydroxylation is 2. The number of rotatable bonds is 5. The molecule has 1 heterocycles. The van der Waals surface area contributed by atoms with Gasteiger partial charge in [-0.1, -0.05) is 30.7 Å². The molecule has 1 unspecified atom stereocenters. The Kier molecular flexibility index (Phi) is 4.45. The molecule has 2 N–H and O–H groups in total. The van der Waals surface area contributed by atoms with Crippen molar-refractivity contribution in [3.63, 3.8) is 0 Å². The molecule has 0 saturated carbocycles. The zero-order chi connectivity index (χ0) is 13.8. The molecule has 19 heavy (non-hydrogen) atoms. The molecule has 1 aromatic carbocycles. The maximum Gasteiger partial charge on any atom is 0.0962 e. The molecule has 0 radical (unpaired) electrons. The van der Waals surface area contributed by atoms with E-state index in [4.69, 9.17) is 11.6 Å². The Morgan fingerprint density at radius 2 is 2.05 bits per heavy atom. The third-order valence-corrected chi connectivity index (χ3v) is 3.23. The minimum Gasteiger partial charge on any atom is -0.387 e. The summed E-state index contributed by atoms with van der Waals surface area (Å²) in [5, 5.41) is 18.4. The lowest BCUT2D eigenvalue weighted by Crippen LogP contribution is -2.12. The topological polar surface area (TPSA) is 50.1 Å². The zero-order valence-electron chi connectivity index (χ0n) is 11.1. The second-order valence-electron chi connectivity index (χ2n) is 4.46. The van der Waals surface area contributed by atoms with Crippen molar-refractivity contribution >= 4 is 17.3 Å². The van der Waals surface area contributed by atoms with Crippen LogP contribution in [0.3, 0.4) is 0 Å². The van der Waals surface area contributed by atoms with Crippen LogP contribution in [-0.4, -0.2) is 21.4 Å². The predicted octanol–water partition coefficient (Wildman–Crippen LogP) is 2.78. The fourth-order valence-electron chi connectivity index (χ4n) is 1.95. The lowest BCUT2D eigenvalue weighted by molar-refractivity contribution is 0.191. The minimum atomic E-state index is -0.567. The van der Waals surface area contributed by atoms with E-state index >= 15 is 0 Å². The Morgan fingerprint density at radius 1 is 1.37 bits per heavy atom. The number of hydrogen-bond donors (Lipinski definition) is 2. The molecular weight excluding hydrogens is 262 g/mol. The fraction of sp³-hybridized carbons (Fsp3) is 0.357. The molecule has 2 rings (SSSR count). The van der Waals surface area contributed by atoms with Crippen molar-refractivity contribution in [2.75, 3.05) is 11.9 Å². The van der Waals surface area contributed by atoms with Gasteiger partial charge in [-0.25, -0.2) is 0 Å². The average Bonchev–Trinajstić information content (AvgIpc) is 2.77. The second-order valence-corrected chi connectivity index (χ2v) is 4.90. The number of anilines is 1. The third-order valence-electron chi connectivity index (χ3n) is 2.98. The molecule has 1 aromatic heterocycles. The van der Waals surface area contributed by atoms with Crippen LogP contribution in [0.2, 0.25) is 5.02 Å². The van der Waals surface area contributed by atoms with E-state index in [0.29, 0.717) is 11.6 Å². The molecule has 0 aliphatic rings. The van der Waals surface area contributed by atoms with Gasteiger partial charge in [-0.2, -0.15) is 5.10 Å². The van der Waals surface area contributed by atoms with Gasteiger partial charge < -0.3 is 10.4 Å². The van der Waals surface area contributed by atoms with Gasteiger partial charge in [0.2, 0.25) is 0 Å². The first-order chi connectivity index (χ1) is 9.10. The van der Waals surface area contributed by atoms with Gasteiger partial charge in [0.05, 0.1) is 17.5 Å². The van der Waals surface area contributed by atoms with E-state index < -0.39 is 6.10 Å². The Morgan fingerprint density at radius 3 is 2.68 bits per heavy atom. The standard InChI is InChI=1S/C14H18ClN3O/c1-3-12-13(9-18(2)17-12)16-8-14(19)10-4-6-11(15)7-5-10/h4-7,9,14,16,19H,3,8H2,1-2H3. The van der Waals surface area contributed by atoms with E-state index in [2.05, 4.69) is 17.3 Å². The minimum absolute atomic E-state index is 0.445. The highest BCUT2D eigenvalue weighted by molar-refractivity contribution is 6.30. The van der Waals surface area contributed by atoms with Crippen LogP contribution in [-0.2, 0) is 13.5 Å². The van der Waals surface area contributed by atoms with Gasteiger partial charge in [0, 0.05) is 24.8 Å². The Labute approximate surface area is 118 Å². The van der Waals surface area contributed by atoms with Gasteiger partial charge >= 0.3 is 0 Å². The molecule has 1 atom stereocenters. The second kappa shape index (κ2) is 6.08. The van der Waals surface area contributed by atoms with Crippen LogP contribution < -0.4 is 5.32 Å². The maximum atomic E-state index is 10.1. The molecule has 0 fully saturated rings. The van der Waals surface area contributed by atoms with Gasteiger partial charge in [0.1, 0.15) is 0 Å². The first-order valence-corrected chi connectivity index (χ1v) is 6.68. The molecule has 0 aliphatic carbocycles. The largest absolute Gasteiger partial charge is 0.387 e. The molecule has 0 aliphatic heterocycles. The van der Waals surface area contributed by atoms with Crippen molar-refractivity contribution in [3.8, 4) is 0 Å². The quantitative estimate of drug-likeness (QED) is 0.885. The predicted molar refractivity (Wildman–Crippen MR) is 77.5 cm³/mol. The highest BCUT2D eigenvalue weighted by Crippen LogP contribution is 2.19. The number of aromatic nitrogens is 2. The number of nitrogens with one attached hydrogen (secondary N) is 1. The number of halogens is 1. The van der Waals surface area contributed by atoms with E-state index in [9.17, 15) is 5.11 Å². The molecular formula is C14H18ClN3O. The zero-order valence-corrected chi connectivity index (χ0v) is 11.9. The summed E-state index contributed by atoms with van der Waals surface area (Å²) < 4.78 is 1.77. The summed E-state index contributed by atoms with van der Waals surface area (Å²) in [5.74, 6) is 0. The molecule has 2 aromatic rings. The number of aliphatic hydroxyl groups excluding tert-OH is 1. The van der Waals surface area contributed by atoms with Crippen LogP contribution in [0.5, 0.6) is 0 Å². The monoisotopic (exact) mass is 279 g/mol. The fourth-order valence-corrected chi connectivity index (χ4v) is 2.08.